The summed E-state index contributed by atoms with van der Waals surface area (Å²) in [6.45, 7) is 0.973. The Morgan fingerprint density at radius 1 is 1.07 bits per heavy atom. The first-order valence-corrected chi connectivity index (χ1v) is 6.70. The quantitative estimate of drug-likeness (QED) is 0.705. The molecule has 2 fully saturated rings. The SMILES string of the molecule is SCC1(COC2CCC2)CCCCC1. The highest BCUT2D eigenvalue weighted by Gasteiger charge is 2.32. The Hall–Kier alpha value is 0.310. The molecular formula is C12H22OS. The molecule has 0 aliphatic heterocycles. The van der Waals surface area contributed by atoms with E-state index in [1.807, 2.05) is 0 Å². The van der Waals surface area contributed by atoms with Crippen LogP contribution in [0.5, 0.6) is 0 Å². The monoisotopic (exact) mass is 214 g/mol. The van der Waals surface area contributed by atoms with Crippen molar-refractivity contribution in [2.75, 3.05) is 12.4 Å². The molecule has 14 heavy (non-hydrogen) atoms. The molecule has 0 aromatic heterocycles. The molecule has 2 rings (SSSR count). The van der Waals surface area contributed by atoms with Gasteiger partial charge in [0.1, 0.15) is 0 Å². The molecule has 0 aromatic carbocycles. The predicted molar refractivity (Wildman–Crippen MR) is 63.0 cm³/mol. The Morgan fingerprint density at radius 2 is 1.79 bits per heavy atom. The first-order valence-electron chi connectivity index (χ1n) is 6.07. The molecule has 0 bridgehead atoms. The molecule has 2 aliphatic rings. The summed E-state index contributed by atoms with van der Waals surface area (Å²) in [6, 6.07) is 0. The first-order chi connectivity index (χ1) is 6.85. The van der Waals surface area contributed by atoms with Gasteiger partial charge in [-0.3, -0.25) is 0 Å². The average molecular weight is 214 g/mol. The van der Waals surface area contributed by atoms with Gasteiger partial charge >= 0.3 is 0 Å². The van der Waals surface area contributed by atoms with E-state index in [0.717, 1.165) is 12.4 Å². The van der Waals surface area contributed by atoms with E-state index in [9.17, 15) is 0 Å². The van der Waals surface area contributed by atoms with Gasteiger partial charge in [0.05, 0.1) is 12.7 Å². The van der Waals surface area contributed by atoms with E-state index in [1.165, 1.54) is 51.4 Å². The van der Waals surface area contributed by atoms with Crippen LogP contribution in [0.3, 0.4) is 0 Å². The van der Waals surface area contributed by atoms with Crippen LogP contribution in [0.2, 0.25) is 0 Å². The van der Waals surface area contributed by atoms with E-state index >= 15 is 0 Å². The Bertz CT molecular complexity index is 171. The number of hydrogen-bond acceptors (Lipinski definition) is 2. The van der Waals surface area contributed by atoms with Gasteiger partial charge in [0.25, 0.3) is 0 Å². The minimum Gasteiger partial charge on any atom is -0.378 e. The Kier molecular flexibility index (Phi) is 3.78. The summed E-state index contributed by atoms with van der Waals surface area (Å²) in [4.78, 5) is 0. The average Bonchev–Trinajstić information content (AvgIpc) is 2.17. The molecule has 0 radical (unpaired) electrons. The fourth-order valence-electron chi connectivity index (χ4n) is 2.48. The van der Waals surface area contributed by atoms with E-state index < -0.39 is 0 Å². The smallest absolute Gasteiger partial charge is 0.0575 e. The maximum atomic E-state index is 5.96. The molecule has 0 amide bonds. The molecule has 1 nitrogen and oxygen atoms in total. The molecule has 0 saturated heterocycles. The molecule has 0 heterocycles. The van der Waals surface area contributed by atoms with Gasteiger partial charge in [-0.1, -0.05) is 19.3 Å². The second kappa shape index (κ2) is 4.89. The summed E-state index contributed by atoms with van der Waals surface area (Å²) in [5.74, 6) is 1.01. The summed E-state index contributed by atoms with van der Waals surface area (Å²) < 4.78 is 5.96. The van der Waals surface area contributed by atoms with Gasteiger partial charge in [0, 0.05) is 5.41 Å². The molecule has 0 spiro atoms. The van der Waals surface area contributed by atoms with Crippen molar-refractivity contribution in [3.05, 3.63) is 0 Å². The Morgan fingerprint density at radius 3 is 2.29 bits per heavy atom. The summed E-state index contributed by atoms with van der Waals surface area (Å²) >= 11 is 4.52. The highest BCUT2D eigenvalue weighted by Crippen LogP contribution is 2.38. The normalized spacial score (nSPS) is 27.2. The molecule has 2 aliphatic carbocycles. The second-order valence-electron chi connectivity index (χ2n) is 5.08. The van der Waals surface area contributed by atoms with Crippen molar-refractivity contribution < 1.29 is 4.74 Å². The van der Waals surface area contributed by atoms with Crippen molar-refractivity contribution in [2.24, 2.45) is 5.41 Å². The van der Waals surface area contributed by atoms with Crippen LogP contribution in [0, 0.1) is 5.41 Å². The van der Waals surface area contributed by atoms with Crippen molar-refractivity contribution in [2.45, 2.75) is 57.5 Å². The fourth-order valence-corrected chi connectivity index (χ4v) is 2.89. The fraction of sp³-hybridized carbons (Fsp3) is 1.00. The van der Waals surface area contributed by atoms with Gasteiger partial charge in [-0.05, 0) is 37.9 Å². The summed E-state index contributed by atoms with van der Waals surface area (Å²) in [6.07, 6.45) is 11.4. The number of rotatable bonds is 4. The number of thiol groups is 1. The summed E-state index contributed by atoms with van der Waals surface area (Å²) in [5, 5.41) is 0. The van der Waals surface area contributed by atoms with Crippen molar-refractivity contribution >= 4 is 12.6 Å². The van der Waals surface area contributed by atoms with Crippen LogP contribution in [0.1, 0.15) is 51.4 Å². The highest BCUT2D eigenvalue weighted by molar-refractivity contribution is 7.80. The van der Waals surface area contributed by atoms with Crippen LogP contribution < -0.4 is 0 Å². The van der Waals surface area contributed by atoms with Gasteiger partial charge in [-0.2, -0.15) is 12.6 Å². The van der Waals surface area contributed by atoms with Gasteiger partial charge in [-0.15, -0.1) is 0 Å². The third-order valence-electron chi connectivity index (χ3n) is 3.93. The summed E-state index contributed by atoms with van der Waals surface area (Å²) in [5.41, 5.74) is 0.428. The Labute approximate surface area is 93.0 Å². The van der Waals surface area contributed by atoms with E-state index in [4.69, 9.17) is 4.74 Å². The van der Waals surface area contributed by atoms with E-state index in [-0.39, 0.29) is 0 Å². The Balaban J connectivity index is 1.77. The topological polar surface area (TPSA) is 9.23 Å². The van der Waals surface area contributed by atoms with Gasteiger partial charge in [0.15, 0.2) is 0 Å². The molecule has 0 atom stereocenters. The molecule has 2 saturated carbocycles. The lowest BCUT2D eigenvalue weighted by atomic mass is 9.76. The van der Waals surface area contributed by atoms with E-state index in [0.29, 0.717) is 11.5 Å². The zero-order chi connectivity index (χ0) is 9.86. The second-order valence-corrected chi connectivity index (χ2v) is 5.40. The van der Waals surface area contributed by atoms with Crippen molar-refractivity contribution in [1.29, 1.82) is 0 Å². The molecular weight excluding hydrogens is 192 g/mol. The molecule has 2 heteroatoms. The summed E-state index contributed by atoms with van der Waals surface area (Å²) in [7, 11) is 0. The van der Waals surface area contributed by atoms with Crippen LogP contribution in [0.25, 0.3) is 0 Å². The van der Waals surface area contributed by atoms with Crippen molar-refractivity contribution in [3.8, 4) is 0 Å². The van der Waals surface area contributed by atoms with Crippen LogP contribution in [0.4, 0.5) is 0 Å². The third kappa shape index (κ3) is 2.46. The highest BCUT2D eigenvalue weighted by atomic mass is 32.1. The molecule has 82 valence electrons. The van der Waals surface area contributed by atoms with Crippen LogP contribution in [-0.4, -0.2) is 18.5 Å². The van der Waals surface area contributed by atoms with Gasteiger partial charge < -0.3 is 4.74 Å². The number of ether oxygens (including phenoxy) is 1. The first kappa shape index (κ1) is 10.8. The maximum Gasteiger partial charge on any atom is 0.0575 e. The zero-order valence-electron chi connectivity index (χ0n) is 9.00. The predicted octanol–water partition coefficient (Wildman–Crippen LogP) is 3.44. The van der Waals surface area contributed by atoms with Crippen LogP contribution in [0.15, 0.2) is 0 Å². The van der Waals surface area contributed by atoms with Crippen LogP contribution in [-0.2, 0) is 4.74 Å². The minimum absolute atomic E-state index is 0.428. The van der Waals surface area contributed by atoms with E-state index in [2.05, 4.69) is 12.6 Å². The maximum absolute atomic E-state index is 5.96. The molecule has 0 aromatic rings. The molecule has 0 N–H and O–H groups in total. The molecule has 0 unspecified atom stereocenters. The van der Waals surface area contributed by atoms with Crippen molar-refractivity contribution in [1.82, 2.24) is 0 Å². The number of hydrogen-bond donors (Lipinski definition) is 1. The third-order valence-corrected chi connectivity index (χ3v) is 4.60. The van der Waals surface area contributed by atoms with Crippen molar-refractivity contribution in [3.63, 3.8) is 0 Å². The van der Waals surface area contributed by atoms with Crippen LogP contribution >= 0.6 is 12.6 Å². The lowest BCUT2D eigenvalue weighted by Crippen LogP contribution is -2.35. The minimum atomic E-state index is 0.428. The lowest BCUT2D eigenvalue weighted by molar-refractivity contribution is -0.0482. The standard InChI is InChI=1S/C12H22OS/c14-10-12(7-2-1-3-8-12)9-13-11-5-4-6-11/h11,14H,1-10H2. The van der Waals surface area contributed by atoms with Gasteiger partial charge in [-0.25, -0.2) is 0 Å². The lowest BCUT2D eigenvalue weighted by Gasteiger charge is -2.38. The largest absolute Gasteiger partial charge is 0.378 e. The van der Waals surface area contributed by atoms with Gasteiger partial charge in [0.2, 0.25) is 0 Å². The zero-order valence-corrected chi connectivity index (χ0v) is 9.90. The van der Waals surface area contributed by atoms with E-state index in [1.54, 1.807) is 0 Å².